The number of carbonyl (C=O) groups excluding carboxylic acids is 1. The molecule has 0 bridgehead atoms. The number of urea groups is 1. The maximum absolute atomic E-state index is 12.4. The minimum absolute atomic E-state index is 0.0429. The molecule has 0 spiro atoms. The zero-order chi connectivity index (χ0) is 14.2. The average Bonchev–Trinajstić information content (AvgIpc) is 2.26. The number of carbonyl (C=O) groups is 1. The summed E-state index contributed by atoms with van der Waals surface area (Å²) in [6.07, 6.45) is -3.36. The first-order valence-electron chi connectivity index (χ1n) is 5.73. The molecule has 1 aliphatic carbocycles. The number of nitrogens with two attached hydrogens (primary N) is 1. The zero-order valence-electron chi connectivity index (χ0n) is 9.89. The van der Waals surface area contributed by atoms with Gasteiger partial charge in [-0.1, -0.05) is 12.1 Å². The van der Waals surface area contributed by atoms with E-state index in [1.807, 2.05) is 0 Å². The Labute approximate surface area is 107 Å². The number of nitrogens with zero attached hydrogens (tertiary/aromatic N) is 1. The molecule has 1 fully saturated rings. The molecule has 104 valence electrons. The van der Waals surface area contributed by atoms with E-state index in [-0.39, 0.29) is 12.0 Å². The lowest BCUT2D eigenvalue weighted by molar-refractivity contribution is -0.137. The molecule has 1 saturated carbocycles. The highest BCUT2D eigenvalue weighted by Crippen LogP contribution is 2.40. The summed E-state index contributed by atoms with van der Waals surface area (Å²) in [7, 11) is 0. The summed E-state index contributed by atoms with van der Waals surface area (Å²) in [4.78, 5) is 10.7. The molecule has 0 aromatic heterocycles. The summed E-state index contributed by atoms with van der Waals surface area (Å²) < 4.78 is 37.1. The van der Waals surface area contributed by atoms with Crippen molar-refractivity contribution < 1.29 is 23.2 Å². The standard InChI is InChI=1S/C12H13F3N2O2/c13-12(14,15)9-3-1-7(2-4-9)8-5-10(6-8)17(19)11(16)18/h1-4,8,10,19H,5-6H2,(H2,16,18). The lowest BCUT2D eigenvalue weighted by Gasteiger charge is -2.39. The highest BCUT2D eigenvalue weighted by atomic mass is 19.4. The van der Waals surface area contributed by atoms with E-state index >= 15 is 0 Å². The van der Waals surface area contributed by atoms with Gasteiger partial charge in [-0.25, -0.2) is 9.86 Å². The predicted octanol–water partition coefficient (Wildman–Crippen LogP) is 2.72. The first-order valence-corrected chi connectivity index (χ1v) is 5.73. The van der Waals surface area contributed by atoms with Crippen LogP contribution in [0, 0.1) is 0 Å². The van der Waals surface area contributed by atoms with E-state index in [4.69, 9.17) is 5.73 Å². The summed E-state index contributed by atoms with van der Waals surface area (Å²) in [6, 6.07) is 3.65. The molecule has 1 aromatic carbocycles. The number of hydroxylamine groups is 2. The SMILES string of the molecule is NC(=O)N(O)C1CC(c2ccc(C(F)(F)F)cc2)C1. The second-order valence-corrected chi connectivity index (χ2v) is 4.62. The van der Waals surface area contributed by atoms with Crippen molar-refractivity contribution in [2.24, 2.45) is 5.73 Å². The van der Waals surface area contributed by atoms with Gasteiger partial charge in [-0.05, 0) is 36.5 Å². The number of alkyl halides is 3. The number of primary amides is 1. The highest BCUT2D eigenvalue weighted by molar-refractivity contribution is 5.71. The third-order valence-corrected chi connectivity index (χ3v) is 3.39. The molecule has 3 N–H and O–H groups in total. The molecule has 2 rings (SSSR count). The van der Waals surface area contributed by atoms with Gasteiger partial charge in [-0.2, -0.15) is 13.2 Å². The maximum Gasteiger partial charge on any atom is 0.416 e. The molecule has 0 unspecified atom stereocenters. The van der Waals surface area contributed by atoms with Gasteiger partial charge >= 0.3 is 12.2 Å². The van der Waals surface area contributed by atoms with Crippen LogP contribution in [-0.2, 0) is 6.18 Å². The number of benzene rings is 1. The molecular formula is C12H13F3N2O2. The topological polar surface area (TPSA) is 66.6 Å². The number of hydrogen-bond donors (Lipinski definition) is 2. The third kappa shape index (κ3) is 2.81. The van der Waals surface area contributed by atoms with Crippen LogP contribution < -0.4 is 5.73 Å². The van der Waals surface area contributed by atoms with Crippen LogP contribution in [0.25, 0.3) is 0 Å². The van der Waals surface area contributed by atoms with Gasteiger partial charge in [-0.15, -0.1) is 0 Å². The largest absolute Gasteiger partial charge is 0.416 e. The molecule has 1 aromatic rings. The fourth-order valence-electron chi connectivity index (χ4n) is 2.18. The van der Waals surface area contributed by atoms with Crippen LogP contribution in [-0.4, -0.2) is 22.3 Å². The van der Waals surface area contributed by atoms with Gasteiger partial charge in [-0.3, -0.25) is 5.21 Å². The Morgan fingerprint density at radius 1 is 1.26 bits per heavy atom. The van der Waals surface area contributed by atoms with Crippen molar-refractivity contribution >= 4 is 6.03 Å². The lowest BCUT2D eigenvalue weighted by atomic mass is 9.75. The zero-order valence-corrected chi connectivity index (χ0v) is 9.89. The smallest absolute Gasteiger partial charge is 0.350 e. The van der Waals surface area contributed by atoms with Gasteiger partial charge in [0, 0.05) is 0 Å². The number of hydrogen-bond acceptors (Lipinski definition) is 2. The summed E-state index contributed by atoms with van der Waals surface area (Å²) >= 11 is 0. The van der Waals surface area contributed by atoms with Crippen molar-refractivity contribution in [2.45, 2.75) is 31.0 Å². The third-order valence-electron chi connectivity index (χ3n) is 3.39. The van der Waals surface area contributed by atoms with E-state index < -0.39 is 17.8 Å². The summed E-state index contributed by atoms with van der Waals surface area (Å²) in [6.45, 7) is 0. The van der Waals surface area contributed by atoms with Crippen LogP contribution in [0.3, 0.4) is 0 Å². The van der Waals surface area contributed by atoms with Crippen LogP contribution in [0.1, 0.15) is 29.9 Å². The van der Waals surface area contributed by atoms with E-state index in [2.05, 4.69) is 0 Å². The van der Waals surface area contributed by atoms with Crippen LogP contribution in [0.5, 0.6) is 0 Å². The molecule has 7 heteroatoms. The van der Waals surface area contributed by atoms with Crippen molar-refractivity contribution in [1.29, 1.82) is 0 Å². The molecule has 4 nitrogen and oxygen atoms in total. The summed E-state index contributed by atoms with van der Waals surface area (Å²) in [5.74, 6) is 0.0429. The van der Waals surface area contributed by atoms with E-state index in [0.29, 0.717) is 17.9 Å². The molecule has 0 aliphatic heterocycles. The van der Waals surface area contributed by atoms with Gasteiger partial charge in [0.1, 0.15) is 0 Å². The Hall–Kier alpha value is -1.76. The Kier molecular flexibility index (Phi) is 3.40. The van der Waals surface area contributed by atoms with Crippen LogP contribution in [0.2, 0.25) is 0 Å². The molecule has 0 heterocycles. The van der Waals surface area contributed by atoms with Crippen LogP contribution in [0.4, 0.5) is 18.0 Å². The molecule has 0 atom stereocenters. The van der Waals surface area contributed by atoms with Gasteiger partial charge in [0.25, 0.3) is 0 Å². The fraction of sp³-hybridized carbons (Fsp3) is 0.417. The maximum atomic E-state index is 12.4. The highest BCUT2D eigenvalue weighted by Gasteiger charge is 2.36. The number of rotatable bonds is 2. The van der Waals surface area contributed by atoms with Crippen molar-refractivity contribution in [3.63, 3.8) is 0 Å². The summed E-state index contributed by atoms with van der Waals surface area (Å²) in [5, 5.41) is 9.74. The fourth-order valence-corrected chi connectivity index (χ4v) is 2.18. The van der Waals surface area contributed by atoms with Crippen molar-refractivity contribution in [3.8, 4) is 0 Å². The molecule has 1 aliphatic rings. The van der Waals surface area contributed by atoms with Crippen molar-refractivity contribution in [2.75, 3.05) is 0 Å². The Morgan fingerprint density at radius 2 is 1.79 bits per heavy atom. The van der Waals surface area contributed by atoms with Gasteiger partial charge in [0.15, 0.2) is 0 Å². The van der Waals surface area contributed by atoms with E-state index in [9.17, 15) is 23.2 Å². The monoisotopic (exact) mass is 274 g/mol. The lowest BCUT2D eigenvalue weighted by Crippen LogP contribution is -2.47. The van der Waals surface area contributed by atoms with Gasteiger partial charge in [0.05, 0.1) is 11.6 Å². The second kappa shape index (κ2) is 4.73. The minimum atomic E-state index is -4.34. The van der Waals surface area contributed by atoms with E-state index in [1.165, 1.54) is 12.1 Å². The Bertz CT molecular complexity index is 467. The first-order chi connectivity index (χ1) is 8.79. The normalized spacial score (nSPS) is 22.7. The Balaban J connectivity index is 1.97. The quantitative estimate of drug-likeness (QED) is 0.643. The molecule has 0 saturated heterocycles. The van der Waals surface area contributed by atoms with Gasteiger partial charge in [0.2, 0.25) is 0 Å². The van der Waals surface area contributed by atoms with Crippen molar-refractivity contribution in [3.05, 3.63) is 35.4 Å². The molecule has 2 amide bonds. The average molecular weight is 274 g/mol. The van der Waals surface area contributed by atoms with Crippen LogP contribution in [0.15, 0.2) is 24.3 Å². The van der Waals surface area contributed by atoms with E-state index in [1.54, 1.807) is 0 Å². The second-order valence-electron chi connectivity index (χ2n) is 4.62. The van der Waals surface area contributed by atoms with E-state index in [0.717, 1.165) is 17.7 Å². The van der Waals surface area contributed by atoms with Gasteiger partial charge < -0.3 is 5.73 Å². The van der Waals surface area contributed by atoms with Crippen molar-refractivity contribution in [1.82, 2.24) is 5.06 Å². The predicted molar refractivity (Wildman–Crippen MR) is 60.4 cm³/mol. The Morgan fingerprint density at radius 3 is 2.21 bits per heavy atom. The first kappa shape index (κ1) is 13.7. The molecule has 19 heavy (non-hydrogen) atoms. The summed E-state index contributed by atoms with van der Waals surface area (Å²) in [5.41, 5.74) is 4.99. The van der Waals surface area contributed by atoms with Crippen LogP contribution >= 0.6 is 0 Å². The number of amides is 2. The minimum Gasteiger partial charge on any atom is -0.350 e. The molecular weight excluding hydrogens is 261 g/mol. The molecule has 0 radical (unpaired) electrons. The number of halogens is 3.